The van der Waals surface area contributed by atoms with Gasteiger partial charge in [-0.05, 0) is 24.6 Å². The summed E-state index contributed by atoms with van der Waals surface area (Å²) in [5.41, 5.74) is 0.454. The first-order valence-electron chi connectivity index (χ1n) is 8.86. The molecule has 2 aromatic rings. The molecule has 0 spiro atoms. The number of carbonyl (C=O) groups is 1. The molecule has 0 fully saturated rings. The Hall–Kier alpha value is -2.36. The van der Waals surface area contributed by atoms with Crippen LogP contribution in [0.25, 0.3) is 10.9 Å². The third kappa shape index (κ3) is 5.57. The molecular formula is C19H20BrN5O2S. The molecule has 0 unspecified atom stereocenters. The molecule has 0 N–H and O–H groups in total. The molecule has 9 heteroatoms. The lowest BCUT2D eigenvalue weighted by molar-refractivity contribution is -0.128. The standard InChI is InChI=1S/C19H20BrN5O2S/c1-2-9-25-18(27)15-12-14(20)5-6-16(15)23-19(25)28-13-17(26)24(10-3-7-21)11-4-8-22/h5-6,12H,2-4,9-11,13H2,1H3. The Balaban J connectivity index is 2.26. The number of carbonyl (C=O) groups excluding carboxylic acids is 1. The van der Waals surface area contributed by atoms with E-state index < -0.39 is 0 Å². The number of thioether (sulfide) groups is 1. The number of benzene rings is 1. The first-order chi connectivity index (χ1) is 13.5. The second-order valence-electron chi connectivity index (χ2n) is 6.00. The molecule has 0 atom stereocenters. The molecule has 7 nitrogen and oxygen atoms in total. The molecule has 0 saturated carbocycles. The summed E-state index contributed by atoms with van der Waals surface area (Å²) < 4.78 is 2.41. The number of hydrogen-bond acceptors (Lipinski definition) is 6. The van der Waals surface area contributed by atoms with Crippen molar-refractivity contribution in [3.05, 3.63) is 33.0 Å². The van der Waals surface area contributed by atoms with Gasteiger partial charge in [0.05, 0.1) is 41.6 Å². The third-order valence-corrected chi connectivity index (χ3v) is 5.45. The minimum absolute atomic E-state index is 0.0923. The predicted octanol–water partition coefficient (Wildman–Crippen LogP) is 3.32. The zero-order chi connectivity index (χ0) is 20.5. The van der Waals surface area contributed by atoms with Crippen LogP contribution in [0.1, 0.15) is 26.2 Å². The van der Waals surface area contributed by atoms with E-state index in [9.17, 15) is 9.59 Å². The molecule has 1 heterocycles. The Morgan fingerprint density at radius 2 is 1.96 bits per heavy atom. The molecule has 0 bridgehead atoms. The van der Waals surface area contributed by atoms with Crippen molar-refractivity contribution in [3.63, 3.8) is 0 Å². The predicted molar refractivity (Wildman–Crippen MR) is 112 cm³/mol. The average Bonchev–Trinajstić information content (AvgIpc) is 2.69. The summed E-state index contributed by atoms with van der Waals surface area (Å²) in [7, 11) is 0. The highest BCUT2D eigenvalue weighted by atomic mass is 79.9. The highest BCUT2D eigenvalue weighted by Crippen LogP contribution is 2.21. The van der Waals surface area contributed by atoms with Crippen LogP contribution < -0.4 is 5.56 Å². The van der Waals surface area contributed by atoms with Gasteiger partial charge in [0.2, 0.25) is 5.91 Å². The number of nitriles is 2. The monoisotopic (exact) mass is 461 g/mol. The number of amides is 1. The smallest absolute Gasteiger partial charge is 0.262 e. The average molecular weight is 462 g/mol. The van der Waals surface area contributed by atoms with E-state index in [-0.39, 0.29) is 30.1 Å². The third-order valence-electron chi connectivity index (χ3n) is 3.99. The lowest BCUT2D eigenvalue weighted by Gasteiger charge is -2.20. The number of nitrogens with zero attached hydrogens (tertiary/aromatic N) is 5. The van der Waals surface area contributed by atoms with Gasteiger partial charge in [0.25, 0.3) is 5.56 Å². The van der Waals surface area contributed by atoms with Crippen molar-refractivity contribution in [2.24, 2.45) is 0 Å². The Bertz CT molecular complexity index is 975. The van der Waals surface area contributed by atoms with E-state index in [1.807, 2.05) is 25.1 Å². The van der Waals surface area contributed by atoms with Crippen molar-refractivity contribution in [2.45, 2.75) is 37.9 Å². The summed E-state index contributed by atoms with van der Waals surface area (Å²) in [5.74, 6) is -0.0848. The Morgan fingerprint density at radius 1 is 1.29 bits per heavy atom. The Labute approximate surface area is 176 Å². The van der Waals surface area contributed by atoms with Crippen molar-refractivity contribution in [1.82, 2.24) is 14.5 Å². The molecule has 0 aliphatic rings. The van der Waals surface area contributed by atoms with Crippen LogP contribution >= 0.6 is 27.7 Å². The first kappa shape index (κ1) is 21.9. The maximum atomic E-state index is 12.9. The maximum Gasteiger partial charge on any atom is 0.262 e. The Morgan fingerprint density at radius 3 is 2.57 bits per heavy atom. The Kier molecular flexibility index (Phi) is 8.49. The zero-order valence-electron chi connectivity index (χ0n) is 15.5. The van der Waals surface area contributed by atoms with Crippen LogP contribution in [0, 0.1) is 22.7 Å². The fourth-order valence-electron chi connectivity index (χ4n) is 2.65. The molecule has 0 radical (unpaired) electrons. The van der Waals surface area contributed by atoms with Crippen LogP contribution in [0.5, 0.6) is 0 Å². The molecule has 146 valence electrons. The fourth-order valence-corrected chi connectivity index (χ4v) is 3.94. The number of fused-ring (bicyclic) bond motifs is 1. The number of hydrogen-bond donors (Lipinski definition) is 0. The molecule has 1 amide bonds. The van der Waals surface area contributed by atoms with Gasteiger partial charge < -0.3 is 4.90 Å². The van der Waals surface area contributed by atoms with Gasteiger partial charge in [-0.3, -0.25) is 14.2 Å². The lowest BCUT2D eigenvalue weighted by Crippen LogP contribution is -2.34. The van der Waals surface area contributed by atoms with E-state index in [1.54, 1.807) is 16.7 Å². The molecule has 2 rings (SSSR count). The van der Waals surface area contributed by atoms with Crippen molar-refractivity contribution in [3.8, 4) is 12.1 Å². The van der Waals surface area contributed by atoms with Crippen molar-refractivity contribution in [1.29, 1.82) is 10.5 Å². The van der Waals surface area contributed by atoms with Gasteiger partial charge in [-0.25, -0.2) is 4.98 Å². The molecule has 0 aliphatic heterocycles. The maximum absolute atomic E-state index is 12.9. The van der Waals surface area contributed by atoms with Crippen molar-refractivity contribution in [2.75, 3.05) is 18.8 Å². The summed E-state index contributed by atoms with van der Waals surface area (Å²) in [6.07, 6.45) is 1.19. The summed E-state index contributed by atoms with van der Waals surface area (Å²) in [6.45, 7) is 3.07. The molecular weight excluding hydrogens is 442 g/mol. The van der Waals surface area contributed by atoms with E-state index in [1.165, 1.54) is 16.7 Å². The number of halogens is 1. The minimum atomic E-state index is -0.177. The summed E-state index contributed by atoms with van der Waals surface area (Å²) in [6, 6.07) is 9.38. The number of aromatic nitrogens is 2. The summed E-state index contributed by atoms with van der Waals surface area (Å²) >= 11 is 4.59. The van der Waals surface area contributed by atoms with E-state index in [0.717, 1.165) is 10.9 Å². The van der Waals surface area contributed by atoms with Crippen LogP contribution in [-0.4, -0.2) is 39.2 Å². The lowest BCUT2D eigenvalue weighted by atomic mass is 10.2. The highest BCUT2D eigenvalue weighted by molar-refractivity contribution is 9.10. The summed E-state index contributed by atoms with van der Waals surface area (Å²) in [4.78, 5) is 31.5. The molecule has 28 heavy (non-hydrogen) atoms. The minimum Gasteiger partial charge on any atom is -0.340 e. The largest absolute Gasteiger partial charge is 0.340 e. The van der Waals surface area contributed by atoms with Crippen LogP contribution in [0.15, 0.2) is 32.6 Å². The van der Waals surface area contributed by atoms with Crippen molar-refractivity contribution >= 4 is 44.5 Å². The summed E-state index contributed by atoms with van der Waals surface area (Å²) in [5, 5.41) is 18.6. The van der Waals surface area contributed by atoms with Gasteiger partial charge >= 0.3 is 0 Å². The quantitative estimate of drug-likeness (QED) is 0.419. The van der Waals surface area contributed by atoms with Gasteiger partial charge in [-0.2, -0.15) is 10.5 Å². The SMILES string of the molecule is CCCn1c(SCC(=O)N(CCC#N)CCC#N)nc2ccc(Br)cc2c1=O. The van der Waals surface area contributed by atoms with Crippen LogP contribution in [0.4, 0.5) is 0 Å². The van der Waals surface area contributed by atoms with Crippen molar-refractivity contribution < 1.29 is 4.79 Å². The van der Waals surface area contributed by atoms with Crippen LogP contribution in [0.2, 0.25) is 0 Å². The topological polar surface area (TPSA) is 103 Å². The molecule has 1 aromatic carbocycles. The van der Waals surface area contributed by atoms with Crippen LogP contribution in [0.3, 0.4) is 0 Å². The first-order valence-corrected chi connectivity index (χ1v) is 10.6. The van der Waals surface area contributed by atoms with Gasteiger partial charge in [0.1, 0.15) is 0 Å². The van der Waals surface area contributed by atoms with Gasteiger partial charge in [-0.1, -0.05) is 34.6 Å². The fraction of sp³-hybridized carbons (Fsp3) is 0.421. The van der Waals surface area contributed by atoms with E-state index >= 15 is 0 Å². The number of rotatable bonds is 9. The van der Waals surface area contributed by atoms with E-state index in [2.05, 4.69) is 20.9 Å². The second kappa shape index (κ2) is 10.8. The highest BCUT2D eigenvalue weighted by Gasteiger charge is 2.17. The van der Waals surface area contributed by atoms with E-state index in [0.29, 0.717) is 35.7 Å². The molecule has 1 aromatic heterocycles. The second-order valence-corrected chi connectivity index (χ2v) is 7.86. The van der Waals surface area contributed by atoms with Gasteiger partial charge in [0.15, 0.2) is 5.16 Å². The van der Waals surface area contributed by atoms with Gasteiger partial charge in [0, 0.05) is 24.1 Å². The zero-order valence-corrected chi connectivity index (χ0v) is 17.9. The normalized spacial score (nSPS) is 10.4. The molecule has 0 aliphatic carbocycles. The van der Waals surface area contributed by atoms with E-state index in [4.69, 9.17) is 10.5 Å². The van der Waals surface area contributed by atoms with Gasteiger partial charge in [-0.15, -0.1) is 0 Å². The molecule has 0 saturated heterocycles. The van der Waals surface area contributed by atoms with Crippen LogP contribution in [-0.2, 0) is 11.3 Å².